The third-order valence-corrected chi connectivity index (χ3v) is 1.30. The van der Waals surface area contributed by atoms with Crippen LogP contribution in [0.25, 0.3) is 0 Å². The second kappa shape index (κ2) is 9.15. The molecule has 0 N–H and O–H groups in total. The molecule has 0 radical (unpaired) electrons. The van der Waals surface area contributed by atoms with Gasteiger partial charge in [-0.05, 0) is 32.4 Å². The van der Waals surface area contributed by atoms with Crippen molar-refractivity contribution in [2.45, 2.75) is 26.2 Å². The molecule has 0 heterocycles. The predicted molar refractivity (Wildman–Crippen MR) is 52.2 cm³/mol. The Morgan fingerprint density at radius 3 is 2.82 bits per heavy atom. The van der Waals surface area contributed by atoms with E-state index in [9.17, 15) is 0 Å². The number of unbranched alkanes of at least 4 members (excludes halogenated alkanes) is 2. The SMILES string of the molecule is C=CC/N=C\CCC/C=C\C. The zero-order valence-corrected chi connectivity index (χ0v) is 7.29. The summed E-state index contributed by atoms with van der Waals surface area (Å²) in [6.45, 7) is 6.38. The lowest BCUT2D eigenvalue weighted by Gasteiger charge is -1.88. The normalized spacial score (nSPS) is 11.4. The maximum absolute atomic E-state index is 4.12. The maximum Gasteiger partial charge on any atom is 0.0563 e. The maximum atomic E-state index is 4.12. The minimum Gasteiger partial charge on any atom is -0.293 e. The van der Waals surface area contributed by atoms with Crippen molar-refractivity contribution in [1.29, 1.82) is 0 Å². The van der Waals surface area contributed by atoms with Crippen molar-refractivity contribution in [3.63, 3.8) is 0 Å². The largest absolute Gasteiger partial charge is 0.293 e. The molecule has 1 heteroatoms. The van der Waals surface area contributed by atoms with Gasteiger partial charge in [0.25, 0.3) is 0 Å². The van der Waals surface area contributed by atoms with Crippen LogP contribution in [0.3, 0.4) is 0 Å². The number of rotatable bonds is 6. The van der Waals surface area contributed by atoms with Gasteiger partial charge < -0.3 is 0 Å². The van der Waals surface area contributed by atoms with Crippen molar-refractivity contribution in [2.24, 2.45) is 4.99 Å². The highest BCUT2D eigenvalue weighted by Crippen LogP contribution is 1.93. The number of aliphatic imine (C=N–C) groups is 1. The Kier molecular flexibility index (Phi) is 8.44. The number of hydrogen-bond acceptors (Lipinski definition) is 1. The van der Waals surface area contributed by atoms with E-state index >= 15 is 0 Å². The lowest BCUT2D eigenvalue weighted by molar-refractivity contribution is 0.899. The van der Waals surface area contributed by atoms with Crippen molar-refractivity contribution in [3.8, 4) is 0 Å². The van der Waals surface area contributed by atoms with Gasteiger partial charge in [-0.3, -0.25) is 4.99 Å². The molecule has 0 bridgehead atoms. The van der Waals surface area contributed by atoms with Crippen LogP contribution in [0.1, 0.15) is 26.2 Å². The van der Waals surface area contributed by atoms with E-state index in [1.54, 1.807) is 0 Å². The van der Waals surface area contributed by atoms with Crippen LogP contribution < -0.4 is 0 Å². The molecule has 0 aliphatic carbocycles. The first-order chi connectivity index (χ1) is 5.41. The fourth-order valence-corrected chi connectivity index (χ4v) is 0.734. The van der Waals surface area contributed by atoms with Gasteiger partial charge in [0.1, 0.15) is 0 Å². The first-order valence-electron chi connectivity index (χ1n) is 4.12. The van der Waals surface area contributed by atoms with Gasteiger partial charge in [-0.25, -0.2) is 0 Å². The van der Waals surface area contributed by atoms with Gasteiger partial charge in [-0.2, -0.15) is 0 Å². The van der Waals surface area contributed by atoms with Gasteiger partial charge in [-0.15, -0.1) is 6.58 Å². The summed E-state index contributed by atoms with van der Waals surface area (Å²) in [4.78, 5) is 4.12. The fourth-order valence-electron chi connectivity index (χ4n) is 0.734. The minimum absolute atomic E-state index is 0.754. The third-order valence-electron chi connectivity index (χ3n) is 1.30. The van der Waals surface area contributed by atoms with Crippen LogP contribution in [0.15, 0.2) is 29.8 Å². The summed E-state index contributed by atoms with van der Waals surface area (Å²) < 4.78 is 0. The molecule has 0 fully saturated rings. The smallest absolute Gasteiger partial charge is 0.0563 e. The summed E-state index contributed by atoms with van der Waals surface area (Å²) in [5.41, 5.74) is 0. The van der Waals surface area contributed by atoms with Crippen LogP contribution in [-0.2, 0) is 0 Å². The first-order valence-corrected chi connectivity index (χ1v) is 4.12. The Hall–Kier alpha value is -0.850. The molecule has 0 saturated heterocycles. The molecule has 62 valence electrons. The average molecular weight is 151 g/mol. The van der Waals surface area contributed by atoms with Gasteiger partial charge in [0.05, 0.1) is 6.54 Å². The summed E-state index contributed by atoms with van der Waals surface area (Å²) in [5, 5.41) is 0. The molecule has 0 aliphatic heterocycles. The lowest BCUT2D eigenvalue weighted by Crippen LogP contribution is -1.77. The second-order valence-electron chi connectivity index (χ2n) is 2.34. The molecule has 0 aromatic carbocycles. The van der Waals surface area contributed by atoms with E-state index in [2.05, 4.69) is 23.7 Å². The summed E-state index contributed by atoms with van der Waals surface area (Å²) in [6, 6.07) is 0. The topological polar surface area (TPSA) is 12.4 Å². The highest BCUT2D eigenvalue weighted by Gasteiger charge is 1.78. The fraction of sp³-hybridized carbons (Fsp3) is 0.500. The molecule has 0 aromatic heterocycles. The van der Waals surface area contributed by atoms with Crippen molar-refractivity contribution < 1.29 is 0 Å². The molecule has 0 saturated carbocycles. The van der Waals surface area contributed by atoms with E-state index in [-0.39, 0.29) is 0 Å². The highest BCUT2D eigenvalue weighted by atomic mass is 14.7. The molecular weight excluding hydrogens is 134 g/mol. The molecule has 0 amide bonds. The van der Waals surface area contributed by atoms with Gasteiger partial charge in [-0.1, -0.05) is 18.2 Å². The molecule has 11 heavy (non-hydrogen) atoms. The van der Waals surface area contributed by atoms with E-state index in [0.717, 1.165) is 19.4 Å². The summed E-state index contributed by atoms with van der Waals surface area (Å²) in [5.74, 6) is 0. The van der Waals surface area contributed by atoms with Gasteiger partial charge in [0.2, 0.25) is 0 Å². The van der Waals surface area contributed by atoms with Crippen molar-refractivity contribution in [3.05, 3.63) is 24.8 Å². The van der Waals surface area contributed by atoms with Crippen LogP contribution in [0.4, 0.5) is 0 Å². The van der Waals surface area contributed by atoms with Gasteiger partial charge in [0, 0.05) is 0 Å². The minimum atomic E-state index is 0.754. The van der Waals surface area contributed by atoms with Crippen molar-refractivity contribution in [2.75, 3.05) is 6.54 Å². The summed E-state index contributed by atoms with van der Waals surface area (Å²) in [7, 11) is 0. The summed E-state index contributed by atoms with van der Waals surface area (Å²) in [6.07, 6.45) is 11.5. The van der Waals surface area contributed by atoms with E-state index in [4.69, 9.17) is 0 Å². The quantitative estimate of drug-likeness (QED) is 0.314. The predicted octanol–water partition coefficient (Wildman–Crippen LogP) is 2.99. The highest BCUT2D eigenvalue weighted by molar-refractivity contribution is 5.57. The number of nitrogens with zero attached hydrogens (tertiary/aromatic N) is 1. The Morgan fingerprint density at radius 1 is 1.36 bits per heavy atom. The average Bonchev–Trinajstić information content (AvgIpc) is 2.03. The molecule has 0 unspecified atom stereocenters. The molecular formula is C10H17N. The van der Waals surface area contributed by atoms with Crippen LogP contribution in [0.2, 0.25) is 0 Å². The Bertz CT molecular complexity index is 134. The Morgan fingerprint density at radius 2 is 2.18 bits per heavy atom. The third kappa shape index (κ3) is 9.15. The zero-order chi connectivity index (χ0) is 8.36. The molecule has 0 atom stereocenters. The molecule has 0 aliphatic rings. The standard InChI is InChI=1S/C10H17N/c1-3-5-6-7-8-10-11-9-4-2/h3-5,10H,2,6-9H2,1H3/b5-3-,11-10-. The van der Waals surface area contributed by atoms with Crippen LogP contribution in [-0.4, -0.2) is 12.8 Å². The van der Waals surface area contributed by atoms with Crippen molar-refractivity contribution >= 4 is 6.21 Å². The van der Waals surface area contributed by atoms with Crippen LogP contribution in [0, 0.1) is 0 Å². The van der Waals surface area contributed by atoms with E-state index in [1.165, 1.54) is 6.42 Å². The van der Waals surface area contributed by atoms with Gasteiger partial charge in [0.15, 0.2) is 0 Å². The molecule has 1 nitrogen and oxygen atoms in total. The van der Waals surface area contributed by atoms with E-state index in [0.29, 0.717) is 0 Å². The van der Waals surface area contributed by atoms with Crippen LogP contribution in [0.5, 0.6) is 0 Å². The Labute approximate surface area is 69.5 Å². The number of hydrogen-bond donors (Lipinski definition) is 0. The Balaban J connectivity index is 3.06. The molecule has 0 aromatic rings. The monoisotopic (exact) mass is 151 g/mol. The van der Waals surface area contributed by atoms with Crippen molar-refractivity contribution in [1.82, 2.24) is 0 Å². The number of allylic oxidation sites excluding steroid dienone is 2. The van der Waals surface area contributed by atoms with Gasteiger partial charge >= 0.3 is 0 Å². The lowest BCUT2D eigenvalue weighted by atomic mass is 10.2. The second-order valence-corrected chi connectivity index (χ2v) is 2.34. The van der Waals surface area contributed by atoms with E-state index in [1.807, 2.05) is 19.2 Å². The molecule has 0 rings (SSSR count). The van der Waals surface area contributed by atoms with Crippen LogP contribution >= 0.6 is 0 Å². The van der Waals surface area contributed by atoms with E-state index < -0.39 is 0 Å². The zero-order valence-electron chi connectivity index (χ0n) is 7.29. The summed E-state index contributed by atoms with van der Waals surface area (Å²) >= 11 is 0. The molecule has 0 spiro atoms. The first kappa shape index (κ1) is 10.2.